The third kappa shape index (κ3) is 0.753. The van der Waals surface area contributed by atoms with Crippen LogP contribution in [0.15, 0.2) is 12.2 Å². The van der Waals surface area contributed by atoms with E-state index in [9.17, 15) is 4.79 Å². The number of hydrogen-bond donors (Lipinski definition) is 1. The van der Waals surface area contributed by atoms with Gasteiger partial charge in [-0.05, 0) is 31.6 Å². The lowest BCUT2D eigenvalue weighted by Gasteiger charge is -2.25. The minimum Gasteiger partial charge on any atom is -0.481 e. The lowest BCUT2D eigenvalue weighted by molar-refractivity contribution is -0.149. The fourth-order valence-corrected chi connectivity index (χ4v) is 2.34. The van der Waals surface area contributed by atoms with Gasteiger partial charge >= 0.3 is 5.97 Å². The molecule has 2 aliphatic carbocycles. The van der Waals surface area contributed by atoms with E-state index in [0.29, 0.717) is 11.8 Å². The molecule has 0 heterocycles. The molecular weight excluding hydrogens is 140 g/mol. The normalized spacial score (nSPS) is 46.6. The maximum Gasteiger partial charge on any atom is 0.309 e. The molecule has 0 aromatic carbocycles. The van der Waals surface area contributed by atoms with E-state index in [-0.39, 0.29) is 0 Å². The van der Waals surface area contributed by atoms with Crippen molar-refractivity contribution in [1.29, 1.82) is 0 Å². The molecule has 2 aliphatic rings. The van der Waals surface area contributed by atoms with Crippen molar-refractivity contribution in [3.8, 4) is 0 Å². The number of carboxylic acids is 1. The highest BCUT2D eigenvalue weighted by atomic mass is 16.4. The molecule has 0 amide bonds. The summed E-state index contributed by atoms with van der Waals surface area (Å²) >= 11 is 0. The Labute approximate surface area is 65.9 Å². The molecule has 0 aromatic heterocycles. The first-order valence-corrected chi connectivity index (χ1v) is 4.04. The number of carboxylic acid groups (broad SMARTS) is 1. The van der Waals surface area contributed by atoms with Crippen LogP contribution in [0.1, 0.15) is 19.8 Å². The Morgan fingerprint density at radius 2 is 2.36 bits per heavy atom. The lowest BCUT2D eigenvalue weighted by Crippen LogP contribution is -2.31. The van der Waals surface area contributed by atoms with Crippen LogP contribution in [0.4, 0.5) is 0 Å². The fourth-order valence-electron chi connectivity index (χ4n) is 2.34. The van der Waals surface area contributed by atoms with Gasteiger partial charge in [-0.3, -0.25) is 4.79 Å². The van der Waals surface area contributed by atoms with Gasteiger partial charge in [0.2, 0.25) is 0 Å². The van der Waals surface area contributed by atoms with Crippen LogP contribution < -0.4 is 0 Å². The van der Waals surface area contributed by atoms with Crippen LogP contribution in [0.2, 0.25) is 0 Å². The Hall–Kier alpha value is -0.790. The Morgan fingerprint density at radius 1 is 1.64 bits per heavy atom. The topological polar surface area (TPSA) is 37.3 Å². The van der Waals surface area contributed by atoms with Crippen LogP contribution in [0.3, 0.4) is 0 Å². The van der Waals surface area contributed by atoms with E-state index in [2.05, 4.69) is 12.2 Å². The fraction of sp³-hybridized carbons (Fsp3) is 0.667. The first-order valence-electron chi connectivity index (χ1n) is 4.04. The van der Waals surface area contributed by atoms with E-state index in [1.807, 2.05) is 6.92 Å². The summed E-state index contributed by atoms with van der Waals surface area (Å²) in [6.07, 6.45) is 6.13. The molecule has 1 fully saturated rings. The van der Waals surface area contributed by atoms with Gasteiger partial charge < -0.3 is 5.11 Å². The molecule has 0 saturated heterocycles. The van der Waals surface area contributed by atoms with Gasteiger partial charge in [0.05, 0.1) is 5.41 Å². The van der Waals surface area contributed by atoms with Gasteiger partial charge in [0.1, 0.15) is 0 Å². The second kappa shape index (κ2) is 1.87. The maximum absolute atomic E-state index is 10.9. The van der Waals surface area contributed by atoms with Crippen molar-refractivity contribution in [3.05, 3.63) is 12.2 Å². The van der Waals surface area contributed by atoms with Crippen LogP contribution in [0.25, 0.3) is 0 Å². The molecule has 1 saturated carbocycles. The molecule has 11 heavy (non-hydrogen) atoms. The van der Waals surface area contributed by atoms with Crippen LogP contribution >= 0.6 is 0 Å². The van der Waals surface area contributed by atoms with Crippen molar-refractivity contribution >= 4 is 5.97 Å². The van der Waals surface area contributed by atoms with E-state index in [1.165, 1.54) is 0 Å². The smallest absolute Gasteiger partial charge is 0.309 e. The highest BCUT2D eigenvalue weighted by Gasteiger charge is 2.50. The van der Waals surface area contributed by atoms with Gasteiger partial charge in [0, 0.05) is 0 Å². The van der Waals surface area contributed by atoms with E-state index < -0.39 is 11.4 Å². The first kappa shape index (κ1) is 6.89. The van der Waals surface area contributed by atoms with E-state index in [4.69, 9.17) is 5.11 Å². The van der Waals surface area contributed by atoms with Crippen LogP contribution in [-0.4, -0.2) is 11.1 Å². The molecule has 2 rings (SSSR count). The molecular formula is C9H12O2. The Kier molecular flexibility index (Phi) is 1.17. The average Bonchev–Trinajstić information content (AvgIpc) is 2.45. The van der Waals surface area contributed by atoms with Crippen molar-refractivity contribution < 1.29 is 9.90 Å². The molecule has 0 radical (unpaired) electrons. The van der Waals surface area contributed by atoms with Crippen molar-refractivity contribution in [3.63, 3.8) is 0 Å². The molecule has 1 N–H and O–H groups in total. The van der Waals surface area contributed by atoms with E-state index in [0.717, 1.165) is 12.8 Å². The zero-order valence-corrected chi connectivity index (χ0v) is 6.58. The Balaban J connectivity index is 2.30. The molecule has 2 bridgehead atoms. The molecule has 3 atom stereocenters. The van der Waals surface area contributed by atoms with Crippen LogP contribution in [0, 0.1) is 17.3 Å². The summed E-state index contributed by atoms with van der Waals surface area (Å²) in [4.78, 5) is 10.9. The number of rotatable bonds is 1. The third-order valence-electron chi connectivity index (χ3n) is 3.17. The minimum absolute atomic E-state index is 0.296. The SMILES string of the molecule is C[C@@]1(C(=O)O)C[C@H]2C=C[C@@H]1C2. The van der Waals surface area contributed by atoms with Gasteiger partial charge in [0.25, 0.3) is 0 Å². The second-order valence-electron chi connectivity index (χ2n) is 3.91. The first-order chi connectivity index (χ1) is 5.13. The largest absolute Gasteiger partial charge is 0.481 e. The predicted octanol–water partition coefficient (Wildman–Crippen LogP) is 1.67. The van der Waals surface area contributed by atoms with Gasteiger partial charge in [-0.25, -0.2) is 0 Å². The van der Waals surface area contributed by atoms with E-state index >= 15 is 0 Å². The third-order valence-corrected chi connectivity index (χ3v) is 3.17. The predicted molar refractivity (Wildman–Crippen MR) is 41.1 cm³/mol. The molecule has 0 aromatic rings. The highest BCUT2D eigenvalue weighted by Crippen LogP contribution is 2.51. The number of allylic oxidation sites excluding steroid dienone is 2. The number of fused-ring (bicyclic) bond motifs is 2. The van der Waals surface area contributed by atoms with Crippen molar-refractivity contribution in [2.45, 2.75) is 19.8 Å². The molecule has 60 valence electrons. The average molecular weight is 152 g/mol. The van der Waals surface area contributed by atoms with Gasteiger partial charge in [-0.1, -0.05) is 12.2 Å². The number of carbonyl (C=O) groups is 1. The zero-order chi connectivity index (χ0) is 8.06. The number of aliphatic carboxylic acids is 1. The van der Waals surface area contributed by atoms with Crippen molar-refractivity contribution in [2.75, 3.05) is 0 Å². The lowest BCUT2D eigenvalue weighted by atomic mass is 9.78. The van der Waals surface area contributed by atoms with Gasteiger partial charge in [-0.2, -0.15) is 0 Å². The second-order valence-corrected chi connectivity index (χ2v) is 3.91. The van der Waals surface area contributed by atoms with Crippen molar-refractivity contribution in [2.24, 2.45) is 17.3 Å². The summed E-state index contributed by atoms with van der Waals surface area (Å²) in [6, 6.07) is 0. The molecule has 0 unspecified atom stereocenters. The molecule has 2 nitrogen and oxygen atoms in total. The standard InChI is InChI=1S/C9H12O2/c1-9(8(10)11)5-6-2-3-7(9)4-6/h2-3,6-7H,4-5H2,1H3,(H,10,11)/t6-,7+,9+/m0/s1. The van der Waals surface area contributed by atoms with Crippen molar-refractivity contribution in [1.82, 2.24) is 0 Å². The summed E-state index contributed by atoms with van der Waals surface area (Å²) in [5, 5.41) is 8.96. The summed E-state index contributed by atoms with van der Waals surface area (Å²) < 4.78 is 0. The van der Waals surface area contributed by atoms with Gasteiger partial charge in [-0.15, -0.1) is 0 Å². The molecule has 0 aliphatic heterocycles. The summed E-state index contributed by atoms with van der Waals surface area (Å²) in [6.45, 7) is 1.86. The van der Waals surface area contributed by atoms with E-state index in [1.54, 1.807) is 0 Å². The molecule has 2 heteroatoms. The highest BCUT2D eigenvalue weighted by molar-refractivity contribution is 5.76. The Bertz CT molecular complexity index is 232. The monoisotopic (exact) mass is 152 g/mol. The summed E-state index contributed by atoms with van der Waals surface area (Å²) in [7, 11) is 0. The summed E-state index contributed by atoms with van der Waals surface area (Å²) in [5.41, 5.74) is -0.459. The minimum atomic E-state index is -0.630. The summed E-state index contributed by atoms with van der Waals surface area (Å²) in [5.74, 6) is 0.209. The Morgan fingerprint density at radius 3 is 2.64 bits per heavy atom. The van der Waals surface area contributed by atoms with Crippen LogP contribution in [-0.2, 0) is 4.79 Å². The quantitative estimate of drug-likeness (QED) is 0.580. The molecule has 0 spiro atoms. The zero-order valence-electron chi connectivity index (χ0n) is 6.58. The number of hydrogen-bond acceptors (Lipinski definition) is 1. The van der Waals surface area contributed by atoms with Gasteiger partial charge in [0.15, 0.2) is 0 Å². The van der Waals surface area contributed by atoms with Crippen LogP contribution in [0.5, 0.6) is 0 Å². The maximum atomic E-state index is 10.9.